The van der Waals surface area contributed by atoms with E-state index in [1.165, 1.54) is 12.1 Å². The predicted octanol–water partition coefficient (Wildman–Crippen LogP) is 3.99. The Kier molecular flexibility index (Phi) is 6.74. The first-order valence-corrected chi connectivity index (χ1v) is 7.94. The van der Waals surface area contributed by atoms with Crippen molar-refractivity contribution < 1.29 is 23.0 Å². The van der Waals surface area contributed by atoms with Crippen molar-refractivity contribution in [1.82, 2.24) is 5.32 Å². The van der Waals surface area contributed by atoms with Crippen molar-refractivity contribution in [3.05, 3.63) is 59.2 Å². The molecule has 1 N–H and O–H groups in total. The zero-order valence-electron chi connectivity index (χ0n) is 14.2. The summed E-state index contributed by atoms with van der Waals surface area (Å²) in [6.45, 7) is 1.70. The number of rotatable bonds is 8. The number of ether oxygens (including phenoxy) is 2. The van der Waals surface area contributed by atoms with Gasteiger partial charge < -0.3 is 14.8 Å². The van der Waals surface area contributed by atoms with Crippen molar-refractivity contribution in [1.29, 1.82) is 0 Å². The molecule has 2 rings (SSSR count). The summed E-state index contributed by atoms with van der Waals surface area (Å²) in [7, 11) is 0. The van der Waals surface area contributed by atoms with Crippen LogP contribution < -0.4 is 14.8 Å². The van der Waals surface area contributed by atoms with Crippen LogP contribution in [0.4, 0.5) is 8.78 Å². The van der Waals surface area contributed by atoms with Crippen LogP contribution in [-0.4, -0.2) is 19.1 Å². The molecule has 0 spiro atoms. The van der Waals surface area contributed by atoms with E-state index < -0.39 is 6.61 Å². The third kappa shape index (κ3) is 6.41. The maximum atomic E-state index is 12.1. The highest BCUT2D eigenvalue weighted by atomic mass is 19.3. The molecular formula is C19H21F2NO3. The number of carbonyl (C=O) groups excluding carboxylic acids is 1. The maximum Gasteiger partial charge on any atom is 0.387 e. The summed E-state index contributed by atoms with van der Waals surface area (Å²) < 4.78 is 34.1. The van der Waals surface area contributed by atoms with Gasteiger partial charge in [0, 0.05) is 6.54 Å². The molecule has 4 nitrogen and oxygen atoms in total. The Hall–Kier alpha value is -2.63. The number of hydrogen-bond donors (Lipinski definition) is 1. The average Bonchev–Trinajstić information content (AvgIpc) is 2.57. The molecule has 2 aromatic carbocycles. The topological polar surface area (TPSA) is 47.6 Å². The fraction of sp³-hybridized carbons (Fsp3) is 0.316. The van der Waals surface area contributed by atoms with Gasteiger partial charge in [-0.1, -0.05) is 24.3 Å². The summed E-state index contributed by atoms with van der Waals surface area (Å²) in [5, 5.41) is 2.76. The third-order valence-electron chi connectivity index (χ3n) is 3.57. The molecule has 1 amide bonds. The van der Waals surface area contributed by atoms with Gasteiger partial charge in [-0.25, -0.2) is 0 Å². The number of nitrogens with one attached hydrogen (secondary N) is 1. The Bertz CT molecular complexity index is 702. The third-order valence-corrected chi connectivity index (χ3v) is 3.57. The minimum atomic E-state index is -2.84. The van der Waals surface area contributed by atoms with Gasteiger partial charge in [-0.15, -0.1) is 0 Å². The number of alkyl halides is 2. The molecule has 0 aliphatic heterocycles. The van der Waals surface area contributed by atoms with Crippen molar-refractivity contribution in [2.24, 2.45) is 0 Å². The van der Waals surface area contributed by atoms with E-state index in [9.17, 15) is 13.6 Å². The largest absolute Gasteiger partial charge is 0.493 e. The molecule has 0 saturated carbocycles. The van der Waals surface area contributed by atoms with Crippen LogP contribution in [0, 0.1) is 13.8 Å². The molecular weight excluding hydrogens is 328 g/mol. The van der Waals surface area contributed by atoms with Gasteiger partial charge in [0.1, 0.15) is 11.5 Å². The number of carbonyl (C=O) groups is 1. The van der Waals surface area contributed by atoms with Crippen LogP contribution in [0.15, 0.2) is 42.5 Å². The molecule has 0 fully saturated rings. The molecule has 0 bridgehead atoms. The van der Waals surface area contributed by atoms with E-state index in [0.717, 1.165) is 22.4 Å². The zero-order valence-corrected chi connectivity index (χ0v) is 14.2. The molecule has 25 heavy (non-hydrogen) atoms. The first-order valence-electron chi connectivity index (χ1n) is 7.94. The molecule has 2 aromatic rings. The van der Waals surface area contributed by atoms with Crippen LogP contribution >= 0.6 is 0 Å². The molecule has 0 unspecified atom stereocenters. The summed E-state index contributed by atoms with van der Waals surface area (Å²) in [5.41, 5.74) is 2.92. The molecule has 0 heterocycles. The molecule has 0 atom stereocenters. The van der Waals surface area contributed by atoms with Gasteiger partial charge in [-0.3, -0.25) is 4.79 Å². The zero-order chi connectivity index (χ0) is 18.2. The van der Waals surface area contributed by atoms with Gasteiger partial charge in [0.2, 0.25) is 5.91 Å². The van der Waals surface area contributed by atoms with Crippen molar-refractivity contribution >= 4 is 5.91 Å². The quantitative estimate of drug-likeness (QED) is 0.784. The Morgan fingerprint density at radius 1 is 1.12 bits per heavy atom. The Balaban J connectivity index is 1.72. The number of hydrogen-bond acceptors (Lipinski definition) is 3. The number of halogens is 2. The van der Waals surface area contributed by atoms with Gasteiger partial charge in [0.15, 0.2) is 0 Å². The second kappa shape index (κ2) is 9.01. The number of aryl methyl sites for hydroxylation is 2. The van der Waals surface area contributed by atoms with Crippen molar-refractivity contribution in [2.45, 2.75) is 33.4 Å². The number of amides is 1. The van der Waals surface area contributed by atoms with Gasteiger partial charge >= 0.3 is 6.61 Å². The molecule has 6 heteroatoms. The van der Waals surface area contributed by atoms with Crippen LogP contribution in [0.2, 0.25) is 0 Å². The monoisotopic (exact) mass is 349 g/mol. The smallest absolute Gasteiger partial charge is 0.387 e. The van der Waals surface area contributed by atoms with Crippen molar-refractivity contribution in [3.8, 4) is 11.5 Å². The highest BCUT2D eigenvalue weighted by Crippen LogP contribution is 2.19. The van der Waals surface area contributed by atoms with Crippen LogP contribution in [0.5, 0.6) is 11.5 Å². The summed E-state index contributed by atoms with van der Waals surface area (Å²) in [6.07, 6.45) is 0.236. The van der Waals surface area contributed by atoms with E-state index in [2.05, 4.69) is 10.1 Å². The SMILES string of the molecule is Cc1ccc(C)c(OCCC(=O)NCc2ccc(OC(F)F)cc2)c1. The van der Waals surface area contributed by atoms with Crippen molar-refractivity contribution in [2.75, 3.05) is 6.61 Å². The fourth-order valence-corrected chi connectivity index (χ4v) is 2.19. The summed E-state index contributed by atoms with van der Waals surface area (Å²) in [6, 6.07) is 12.1. The molecule has 0 aliphatic carbocycles. The summed E-state index contributed by atoms with van der Waals surface area (Å²) in [5.74, 6) is 0.729. The van der Waals surface area contributed by atoms with Gasteiger partial charge in [0.25, 0.3) is 0 Å². The van der Waals surface area contributed by atoms with Gasteiger partial charge in [-0.05, 0) is 48.7 Å². The van der Waals surface area contributed by atoms with Gasteiger partial charge in [0.05, 0.1) is 13.0 Å². The summed E-state index contributed by atoms with van der Waals surface area (Å²) in [4.78, 5) is 11.9. The van der Waals surface area contributed by atoms with E-state index in [1.54, 1.807) is 12.1 Å². The fourth-order valence-electron chi connectivity index (χ4n) is 2.19. The van der Waals surface area contributed by atoms with Crippen LogP contribution in [0.3, 0.4) is 0 Å². The lowest BCUT2D eigenvalue weighted by Crippen LogP contribution is -2.24. The minimum absolute atomic E-state index is 0.0898. The van der Waals surface area contributed by atoms with Crippen LogP contribution in [-0.2, 0) is 11.3 Å². The average molecular weight is 349 g/mol. The molecule has 0 aliphatic rings. The number of benzene rings is 2. The Labute approximate surface area is 145 Å². The highest BCUT2D eigenvalue weighted by molar-refractivity contribution is 5.76. The molecule has 0 saturated heterocycles. The normalized spacial score (nSPS) is 10.6. The van der Waals surface area contributed by atoms with Crippen molar-refractivity contribution in [3.63, 3.8) is 0 Å². The molecule has 0 radical (unpaired) electrons. The first-order chi connectivity index (χ1) is 11.9. The lowest BCUT2D eigenvalue weighted by Gasteiger charge is -2.10. The highest BCUT2D eigenvalue weighted by Gasteiger charge is 2.06. The maximum absolute atomic E-state index is 12.1. The van der Waals surface area contributed by atoms with E-state index in [1.807, 2.05) is 32.0 Å². The second-order valence-electron chi connectivity index (χ2n) is 5.67. The summed E-state index contributed by atoms with van der Waals surface area (Å²) >= 11 is 0. The van der Waals surface area contributed by atoms with Gasteiger partial charge in [-0.2, -0.15) is 8.78 Å². The molecule has 134 valence electrons. The van der Waals surface area contributed by atoms with Crippen LogP contribution in [0.25, 0.3) is 0 Å². The van der Waals surface area contributed by atoms with E-state index in [-0.39, 0.29) is 24.7 Å². The standard InChI is InChI=1S/C19H21F2NO3/c1-13-3-4-14(2)17(11-13)24-10-9-18(23)22-12-15-5-7-16(8-6-15)25-19(20)21/h3-8,11,19H,9-10,12H2,1-2H3,(H,22,23). The van der Waals surface area contributed by atoms with Crippen LogP contribution in [0.1, 0.15) is 23.1 Å². The lowest BCUT2D eigenvalue weighted by atomic mass is 10.1. The van der Waals surface area contributed by atoms with E-state index in [4.69, 9.17) is 4.74 Å². The predicted molar refractivity (Wildman–Crippen MR) is 90.9 cm³/mol. The lowest BCUT2D eigenvalue weighted by molar-refractivity contribution is -0.121. The Morgan fingerprint density at radius 2 is 1.84 bits per heavy atom. The first kappa shape index (κ1) is 18.7. The van der Waals surface area contributed by atoms with E-state index >= 15 is 0 Å². The second-order valence-corrected chi connectivity index (χ2v) is 5.67. The Morgan fingerprint density at radius 3 is 2.52 bits per heavy atom. The molecule has 0 aromatic heterocycles. The van der Waals surface area contributed by atoms with E-state index in [0.29, 0.717) is 6.54 Å². The minimum Gasteiger partial charge on any atom is -0.493 e.